The minimum atomic E-state index is -0.374. The van der Waals surface area contributed by atoms with Crippen LogP contribution in [0.25, 0.3) is 22.7 Å². The summed E-state index contributed by atoms with van der Waals surface area (Å²) in [6.07, 6.45) is 4.29. The largest absolute Gasteiger partial charge is 0.361 e. The van der Waals surface area contributed by atoms with E-state index in [1.54, 1.807) is 6.08 Å². The molecule has 0 radical (unpaired) electrons. The fraction of sp³-hybridized carbons (Fsp3) is 0.185. The Morgan fingerprint density at radius 3 is 2.76 bits per heavy atom. The van der Waals surface area contributed by atoms with Crippen molar-refractivity contribution in [2.75, 3.05) is 6.54 Å². The molecule has 33 heavy (non-hydrogen) atoms. The van der Waals surface area contributed by atoms with E-state index in [0.717, 1.165) is 44.7 Å². The first-order valence-corrected chi connectivity index (χ1v) is 11.2. The van der Waals surface area contributed by atoms with Gasteiger partial charge in [0, 0.05) is 45.7 Å². The topological polar surface area (TPSA) is 73.6 Å². The van der Waals surface area contributed by atoms with Gasteiger partial charge in [-0.15, -0.1) is 0 Å². The number of para-hydroxylation sites is 1. The van der Waals surface area contributed by atoms with Gasteiger partial charge in [0.05, 0.1) is 0 Å². The predicted molar refractivity (Wildman–Crippen MR) is 134 cm³/mol. The van der Waals surface area contributed by atoms with Crippen LogP contribution in [0.3, 0.4) is 0 Å². The van der Waals surface area contributed by atoms with Gasteiger partial charge in [0.1, 0.15) is 11.6 Å². The first-order chi connectivity index (χ1) is 15.9. The number of carbonyl (C=O) groups is 1. The zero-order valence-electron chi connectivity index (χ0n) is 18.9. The van der Waals surface area contributed by atoms with E-state index in [2.05, 4.69) is 27.0 Å². The van der Waals surface area contributed by atoms with Crippen LogP contribution in [0, 0.1) is 32.1 Å². The number of halogens is 1. The van der Waals surface area contributed by atoms with Gasteiger partial charge in [-0.2, -0.15) is 5.26 Å². The maximum atomic E-state index is 12.7. The van der Waals surface area contributed by atoms with Crippen molar-refractivity contribution in [3.8, 4) is 11.8 Å². The van der Waals surface area contributed by atoms with E-state index in [1.165, 1.54) is 0 Å². The Kier molecular flexibility index (Phi) is 6.39. The summed E-state index contributed by atoms with van der Waals surface area (Å²) in [7, 11) is 0. The van der Waals surface area contributed by atoms with Crippen LogP contribution in [0.5, 0.6) is 0 Å². The van der Waals surface area contributed by atoms with Gasteiger partial charge >= 0.3 is 0 Å². The molecule has 0 spiro atoms. The number of H-pyrrole nitrogens is 1. The van der Waals surface area contributed by atoms with Crippen molar-refractivity contribution in [3.63, 3.8) is 0 Å². The average Bonchev–Trinajstić information content (AvgIpc) is 3.34. The van der Waals surface area contributed by atoms with Crippen LogP contribution in [-0.4, -0.2) is 22.0 Å². The number of carbonyl (C=O) groups excluding carboxylic acids is 1. The van der Waals surface area contributed by atoms with E-state index in [9.17, 15) is 10.1 Å². The highest BCUT2D eigenvalue weighted by molar-refractivity contribution is 6.31. The molecule has 2 heterocycles. The number of rotatable bonds is 6. The summed E-state index contributed by atoms with van der Waals surface area (Å²) in [6.45, 7) is 6.40. The number of hydrogen-bond acceptors (Lipinski definition) is 2. The van der Waals surface area contributed by atoms with E-state index in [-0.39, 0.29) is 11.5 Å². The molecular formula is C27H25ClN4O. The minimum absolute atomic E-state index is 0.0805. The zero-order valence-corrected chi connectivity index (χ0v) is 19.6. The molecule has 1 amide bonds. The Bertz CT molecular complexity index is 1420. The molecule has 2 N–H and O–H groups in total. The van der Waals surface area contributed by atoms with Crippen molar-refractivity contribution in [1.29, 1.82) is 5.26 Å². The number of benzene rings is 2. The summed E-state index contributed by atoms with van der Waals surface area (Å²) in [5.41, 5.74) is 7.02. The van der Waals surface area contributed by atoms with Crippen molar-refractivity contribution in [3.05, 3.63) is 93.4 Å². The summed E-state index contributed by atoms with van der Waals surface area (Å²) < 4.78 is 2.09. The van der Waals surface area contributed by atoms with Crippen molar-refractivity contribution < 1.29 is 4.79 Å². The van der Waals surface area contributed by atoms with Crippen LogP contribution in [0.15, 0.2) is 60.3 Å². The number of nitriles is 1. The van der Waals surface area contributed by atoms with Gasteiger partial charge in [0.2, 0.25) is 0 Å². The quantitative estimate of drug-likeness (QED) is 0.284. The highest BCUT2D eigenvalue weighted by Gasteiger charge is 2.15. The summed E-state index contributed by atoms with van der Waals surface area (Å²) in [5, 5.41) is 14.4. The van der Waals surface area contributed by atoms with E-state index in [0.29, 0.717) is 18.0 Å². The van der Waals surface area contributed by atoms with E-state index in [1.807, 2.05) is 69.4 Å². The molecule has 4 aromatic rings. The van der Waals surface area contributed by atoms with Gasteiger partial charge < -0.3 is 14.9 Å². The molecule has 6 heteroatoms. The monoisotopic (exact) mass is 456 g/mol. The number of nitrogens with one attached hydrogen (secondary N) is 2. The SMILES string of the molecule is Cc1c(Cl)cccc1-n1c(C)cc(C=C(C#N)C(=O)NCCc2c[nH]c3ccccc23)c1C. The summed E-state index contributed by atoms with van der Waals surface area (Å²) >= 11 is 6.32. The normalized spacial score (nSPS) is 11.5. The number of amides is 1. The summed E-state index contributed by atoms with van der Waals surface area (Å²) in [6, 6.07) is 17.9. The molecule has 5 nitrogen and oxygen atoms in total. The number of fused-ring (bicyclic) bond motifs is 1. The summed E-state index contributed by atoms with van der Waals surface area (Å²) in [4.78, 5) is 15.9. The third kappa shape index (κ3) is 4.44. The van der Waals surface area contributed by atoms with Crippen LogP contribution < -0.4 is 5.32 Å². The second kappa shape index (κ2) is 9.40. The molecule has 0 saturated heterocycles. The maximum absolute atomic E-state index is 12.7. The average molecular weight is 457 g/mol. The van der Waals surface area contributed by atoms with E-state index >= 15 is 0 Å². The second-order valence-electron chi connectivity index (χ2n) is 8.08. The molecule has 166 valence electrons. The Labute approximate surface area is 198 Å². The fourth-order valence-corrected chi connectivity index (χ4v) is 4.36. The van der Waals surface area contributed by atoms with Crippen molar-refractivity contribution in [1.82, 2.24) is 14.9 Å². The molecule has 0 atom stereocenters. The van der Waals surface area contributed by atoms with Gasteiger partial charge in [-0.25, -0.2) is 0 Å². The third-order valence-electron chi connectivity index (χ3n) is 5.97. The van der Waals surface area contributed by atoms with E-state index < -0.39 is 0 Å². The highest BCUT2D eigenvalue weighted by atomic mass is 35.5. The van der Waals surface area contributed by atoms with Crippen LogP contribution in [-0.2, 0) is 11.2 Å². The van der Waals surface area contributed by atoms with Crippen molar-refractivity contribution >= 4 is 34.5 Å². The molecule has 0 saturated carbocycles. The maximum Gasteiger partial charge on any atom is 0.261 e. The Balaban J connectivity index is 1.52. The minimum Gasteiger partial charge on any atom is -0.361 e. The molecule has 0 aliphatic rings. The van der Waals surface area contributed by atoms with Gasteiger partial charge in [-0.05, 0) is 74.2 Å². The lowest BCUT2D eigenvalue weighted by atomic mass is 10.1. The van der Waals surface area contributed by atoms with Gasteiger partial charge in [0.15, 0.2) is 0 Å². The van der Waals surface area contributed by atoms with Crippen LogP contribution >= 0.6 is 11.6 Å². The number of aromatic nitrogens is 2. The van der Waals surface area contributed by atoms with Gasteiger partial charge in [0.25, 0.3) is 5.91 Å². The number of hydrogen-bond donors (Lipinski definition) is 2. The fourth-order valence-electron chi connectivity index (χ4n) is 4.19. The molecule has 4 rings (SSSR count). The Morgan fingerprint density at radius 2 is 1.97 bits per heavy atom. The molecule has 2 aromatic heterocycles. The van der Waals surface area contributed by atoms with Crippen molar-refractivity contribution in [2.45, 2.75) is 27.2 Å². The van der Waals surface area contributed by atoms with Gasteiger partial charge in [-0.1, -0.05) is 35.9 Å². The number of aryl methyl sites for hydroxylation is 1. The standard InChI is InChI=1S/C27H25ClN4O/c1-17-13-21(19(3)32(17)26-10-6-8-24(28)18(26)2)14-22(15-29)27(33)30-12-11-20-16-31-25-9-5-4-7-23(20)25/h4-10,13-14,16,31H,11-12H2,1-3H3,(H,30,33). The lowest BCUT2D eigenvalue weighted by molar-refractivity contribution is -0.117. The zero-order chi connectivity index (χ0) is 23.5. The third-order valence-corrected chi connectivity index (χ3v) is 6.38. The smallest absolute Gasteiger partial charge is 0.261 e. The van der Waals surface area contributed by atoms with E-state index in [4.69, 9.17) is 11.6 Å². The van der Waals surface area contributed by atoms with Gasteiger partial charge in [-0.3, -0.25) is 4.79 Å². The predicted octanol–water partition coefficient (Wildman–Crippen LogP) is 5.80. The molecule has 0 bridgehead atoms. The lowest BCUT2D eigenvalue weighted by Gasteiger charge is -2.13. The molecule has 0 aliphatic carbocycles. The van der Waals surface area contributed by atoms with Crippen molar-refractivity contribution in [2.24, 2.45) is 0 Å². The molecule has 0 unspecified atom stereocenters. The first-order valence-electron chi connectivity index (χ1n) is 10.8. The Hall–Kier alpha value is -3.75. The van der Waals surface area contributed by atoms with Crippen LogP contribution in [0.4, 0.5) is 0 Å². The molecule has 2 aromatic carbocycles. The van der Waals surface area contributed by atoms with Crippen LogP contribution in [0.1, 0.15) is 28.1 Å². The molecule has 0 aliphatic heterocycles. The molecule has 0 fully saturated rings. The van der Waals surface area contributed by atoms with Crippen LogP contribution in [0.2, 0.25) is 5.02 Å². The molecular weight excluding hydrogens is 432 g/mol. The number of aromatic amines is 1. The highest BCUT2D eigenvalue weighted by Crippen LogP contribution is 2.28. The second-order valence-corrected chi connectivity index (χ2v) is 8.49. The first kappa shape index (κ1) is 22.4. The Morgan fingerprint density at radius 1 is 1.18 bits per heavy atom. The summed E-state index contributed by atoms with van der Waals surface area (Å²) in [5.74, 6) is -0.374. The lowest BCUT2D eigenvalue weighted by Crippen LogP contribution is -2.26. The number of nitrogens with zero attached hydrogens (tertiary/aromatic N) is 2.